The molecule has 3 heterocycles. The van der Waals surface area contributed by atoms with E-state index in [1.807, 2.05) is 6.92 Å². The molecule has 2 amide bonds. The fourth-order valence-electron chi connectivity index (χ4n) is 6.64. The molecule has 2 unspecified atom stereocenters. The molecule has 8 heteroatoms. The lowest BCUT2D eigenvalue weighted by molar-refractivity contribution is -0.161. The zero-order valence-electron chi connectivity index (χ0n) is 18.9. The predicted octanol–water partition coefficient (Wildman–Crippen LogP) is 1.53. The molecule has 8 nitrogen and oxygen atoms in total. The number of aliphatic hydroxyl groups is 1. The third-order valence-corrected chi connectivity index (χ3v) is 8.10. The number of nitrogens with zero attached hydrogens (tertiary/aromatic N) is 1. The minimum Gasteiger partial charge on any atom is -0.466 e. The van der Waals surface area contributed by atoms with Gasteiger partial charge in [-0.25, -0.2) is 0 Å². The molecule has 1 spiro atoms. The molecular formula is C23H36N2O6. The molecule has 3 aliphatic heterocycles. The van der Waals surface area contributed by atoms with Gasteiger partial charge in [-0.3, -0.25) is 14.4 Å². The SMILES string of the molecule is CCOC(=O)[C@H]1[C@H]2C(=O)N([C@H](C)CO)C(C(=O)NC3CCCCC3)C23CC[C@]1(CC)O3. The van der Waals surface area contributed by atoms with E-state index in [0.29, 0.717) is 19.3 Å². The molecule has 6 atom stereocenters. The van der Waals surface area contributed by atoms with Gasteiger partial charge in [0, 0.05) is 6.04 Å². The third kappa shape index (κ3) is 3.28. The molecule has 3 saturated heterocycles. The molecule has 4 aliphatic rings. The van der Waals surface area contributed by atoms with E-state index in [-0.39, 0.29) is 31.1 Å². The number of amides is 2. The number of esters is 1. The average Bonchev–Trinajstić information content (AvgIpc) is 3.37. The topological polar surface area (TPSA) is 105 Å². The summed E-state index contributed by atoms with van der Waals surface area (Å²) in [6.07, 6.45) is 6.95. The van der Waals surface area contributed by atoms with Gasteiger partial charge in [0.25, 0.3) is 0 Å². The zero-order valence-corrected chi connectivity index (χ0v) is 18.9. The second-order valence-electron chi connectivity index (χ2n) is 9.71. The molecule has 4 rings (SSSR count). The van der Waals surface area contributed by atoms with Crippen LogP contribution in [0.25, 0.3) is 0 Å². The Hall–Kier alpha value is -1.67. The van der Waals surface area contributed by atoms with Gasteiger partial charge in [0.05, 0.1) is 30.8 Å². The summed E-state index contributed by atoms with van der Waals surface area (Å²) in [5, 5.41) is 13.0. The van der Waals surface area contributed by atoms with Crippen molar-refractivity contribution in [1.29, 1.82) is 0 Å². The fourth-order valence-corrected chi connectivity index (χ4v) is 6.64. The van der Waals surface area contributed by atoms with Crippen molar-refractivity contribution in [1.82, 2.24) is 10.2 Å². The van der Waals surface area contributed by atoms with Gasteiger partial charge < -0.3 is 24.8 Å². The van der Waals surface area contributed by atoms with Gasteiger partial charge in [-0.1, -0.05) is 26.2 Å². The lowest BCUT2D eigenvalue weighted by Gasteiger charge is -2.37. The maximum atomic E-state index is 13.7. The Morgan fingerprint density at radius 3 is 2.58 bits per heavy atom. The first-order chi connectivity index (χ1) is 14.8. The first-order valence-corrected chi connectivity index (χ1v) is 12.0. The third-order valence-electron chi connectivity index (χ3n) is 8.10. The van der Waals surface area contributed by atoms with E-state index >= 15 is 0 Å². The van der Waals surface area contributed by atoms with Crippen LogP contribution in [0.2, 0.25) is 0 Å². The first-order valence-electron chi connectivity index (χ1n) is 12.0. The van der Waals surface area contributed by atoms with Gasteiger partial charge in [-0.05, 0) is 46.0 Å². The molecule has 0 aromatic carbocycles. The van der Waals surface area contributed by atoms with E-state index in [9.17, 15) is 19.5 Å². The van der Waals surface area contributed by atoms with E-state index < -0.39 is 41.1 Å². The summed E-state index contributed by atoms with van der Waals surface area (Å²) >= 11 is 0. The van der Waals surface area contributed by atoms with Crippen LogP contribution in [0.15, 0.2) is 0 Å². The highest BCUT2D eigenvalue weighted by molar-refractivity contribution is 5.98. The Morgan fingerprint density at radius 2 is 1.97 bits per heavy atom. The van der Waals surface area contributed by atoms with Crippen molar-refractivity contribution < 1.29 is 29.0 Å². The largest absolute Gasteiger partial charge is 0.466 e. The van der Waals surface area contributed by atoms with Crippen molar-refractivity contribution in [3.05, 3.63) is 0 Å². The molecule has 1 aliphatic carbocycles. The average molecular weight is 437 g/mol. The van der Waals surface area contributed by atoms with Crippen LogP contribution in [-0.2, 0) is 23.9 Å². The maximum absolute atomic E-state index is 13.7. The van der Waals surface area contributed by atoms with Crippen molar-refractivity contribution >= 4 is 17.8 Å². The number of hydrogen-bond donors (Lipinski definition) is 2. The number of aliphatic hydroxyl groups excluding tert-OH is 1. The van der Waals surface area contributed by atoms with Crippen molar-refractivity contribution in [2.24, 2.45) is 11.8 Å². The lowest BCUT2D eigenvalue weighted by Crippen LogP contribution is -2.59. The second-order valence-corrected chi connectivity index (χ2v) is 9.71. The molecule has 2 bridgehead atoms. The summed E-state index contributed by atoms with van der Waals surface area (Å²) in [4.78, 5) is 41.8. The number of nitrogens with one attached hydrogen (secondary N) is 1. The summed E-state index contributed by atoms with van der Waals surface area (Å²) in [6, 6.07) is -1.29. The molecule has 4 fully saturated rings. The highest BCUT2D eigenvalue weighted by Crippen LogP contribution is 2.64. The molecule has 1 saturated carbocycles. The van der Waals surface area contributed by atoms with Gasteiger partial charge in [0.2, 0.25) is 11.8 Å². The highest BCUT2D eigenvalue weighted by atomic mass is 16.6. The molecule has 0 aromatic rings. The minimum absolute atomic E-state index is 0.0951. The molecule has 0 radical (unpaired) electrons. The standard InChI is InChI=1S/C23H36N2O6/c1-4-22-11-12-23(31-22)16(17(22)21(29)30-5-2)20(28)25(14(3)13-26)18(23)19(27)24-15-9-7-6-8-10-15/h14-18,26H,4-13H2,1-3H3,(H,24,27)/t14-,16+,17-,18?,22+,23?/m1/s1. The van der Waals surface area contributed by atoms with Gasteiger partial charge >= 0.3 is 5.97 Å². The normalized spacial score (nSPS) is 38.3. The van der Waals surface area contributed by atoms with E-state index in [0.717, 1.165) is 25.7 Å². The number of fused-ring (bicyclic) bond motifs is 1. The summed E-state index contributed by atoms with van der Waals surface area (Å²) in [6.45, 7) is 5.41. The number of carbonyl (C=O) groups is 3. The van der Waals surface area contributed by atoms with E-state index in [1.165, 1.54) is 11.3 Å². The van der Waals surface area contributed by atoms with Crippen molar-refractivity contribution in [2.75, 3.05) is 13.2 Å². The van der Waals surface area contributed by atoms with Crippen LogP contribution in [0.3, 0.4) is 0 Å². The number of carbonyl (C=O) groups excluding carboxylic acids is 3. The Kier molecular flexibility index (Phi) is 6.07. The van der Waals surface area contributed by atoms with E-state index in [4.69, 9.17) is 9.47 Å². The summed E-state index contributed by atoms with van der Waals surface area (Å²) in [5.74, 6) is -2.40. The Bertz CT molecular complexity index is 738. The Balaban J connectivity index is 1.72. The highest BCUT2D eigenvalue weighted by Gasteiger charge is 2.79. The van der Waals surface area contributed by atoms with Crippen LogP contribution in [-0.4, -0.2) is 70.3 Å². The molecule has 2 N–H and O–H groups in total. The van der Waals surface area contributed by atoms with Crippen molar-refractivity contribution in [3.8, 4) is 0 Å². The Morgan fingerprint density at radius 1 is 1.26 bits per heavy atom. The predicted molar refractivity (Wildman–Crippen MR) is 112 cm³/mol. The van der Waals surface area contributed by atoms with Crippen LogP contribution in [0.5, 0.6) is 0 Å². The van der Waals surface area contributed by atoms with Crippen LogP contribution in [0, 0.1) is 11.8 Å². The Labute approximate surface area is 184 Å². The second kappa shape index (κ2) is 8.35. The van der Waals surface area contributed by atoms with Gasteiger partial charge in [0.15, 0.2) is 0 Å². The van der Waals surface area contributed by atoms with Crippen LogP contribution < -0.4 is 5.32 Å². The molecule has 174 valence electrons. The summed E-state index contributed by atoms with van der Waals surface area (Å²) in [5.41, 5.74) is -1.82. The van der Waals surface area contributed by atoms with Gasteiger partial charge in [-0.2, -0.15) is 0 Å². The zero-order chi connectivity index (χ0) is 22.4. The first kappa shape index (κ1) is 22.5. The number of hydrogen-bond acceptors (Lipinski definition) is 6. The van der Waals surface area contributed by atoms with Gasteiger partial charge in [0.1, 0.15) is 17.6 Å². The van der Waals surface area contributed by atoms with Crippen molar-refractivity contribution in [3.63, 3.8) is 0 Å². The smallest absolute Gasteiger partial charge is 0.312 e. The molecule has 31 heavy (non-hydrogen) atoms. The van der Waals surface area contributed by atoms with Gasteiger partial charge in [-0.15, -0.1) is 0 Å². The van der Waals surface area contributed by atoms with Crippen LogP contribution in [0.4, 0.5) is 0 Å². The van der Waals surface area contributed by atoms with Crippen LogP contribution in [0.1, 0.15) is 72.1 Å². The van der Waals surface area contributed by atoms with Crippen molar-refractivity contribution in [2.45, 2.75) is 101 Å². The lowest BCUT2D eigenvalue weighted by atomic mass is 9.65. The number of rotatable bonds is 7. The number of ether oxygens (including phenoxy) is 2. The monoisotopic (exact) mass is 436 g/mol. The molecular weight excluding hydrogens is 400 g/mol. The minimum atomic E-state index is -1.05. The van der Waals surface area contributed by atoms with E-state index in [1.54, 1.807) is 13.8 Å². The maximum Gasteiger partial charge on any atom is 0.312 e. The molecule has 0 aromatic heterocycles. The fraction of sp³-hybridized carbons (Fsp3) is 0.870. The quantitative estimate of drug-likeness (QED) is 0.587. The summed E-state index contributed by atoms with van der Waals surface area (Å²) in [7, 11) is 0. The van der Waals surface area contributed by atoms with E-state index in [2.05, 4.69) is 5.32 Å². The van der Waals surface area contributed by atoms with Crippen LogP contribution >= 0.6 is 0 Å². The summed E-state index contributed by atoms with van der Waals surface area (Å²) < 4.78 is 12.0. The number of likely N-dealkylation sites (tertiary alicyclic amines) is 1.